The molecular formula is C19H26N4O2S. The second-order valence-corrected chi connectivity index (χ2v) is 8.72. The number of morpholine rings is 1. The summed E-state index contributed by atoms with van der Waals surface area (Å²) in [4.78, 5) is 17.3. The zero-order chi connectivity index (χ0) is 17.5. The Labute approximate surface area is 157 Å². The first kappa shape index (κ1) is 16.9. The first-order chi connectivity index (χ1) is 12.8. The molecule has 2 aromatic rings. The number of β-amino-alcohol motifs (C(OH)–C–C–N with tert-alkyl or cyclic N) is 1. The molecule has 4 heterocycles. The van der Waals surface area contributed by atoms with Gasteiger partial charge >= 0.3 is 0 Å². The fraction of sp³-hybridized carbons (Fsp3) is 0.684. The maximum absolute atomic E-state index is 10.2. The summed E-state index contributed by atoms with van der Waals surface area (Å²) in [6.07, 6.45) is 5.24. The van der Waals surface area contributed by atoms with Crippen LogP contribution in [-0.2, 0) is 24.1 Å². The Balaban J connectivity index is 1.55. The lowest BCUT2D eigenvalue weighted by Gasteiger charge is -2.32. The fourth-order valence-electron chi connectivity index (χ4n) is 4.43. The van der Waals surface area contributed by atoms with Gasteiger partial charge in [0, 0.05) is 31.1 Å². The minimum atomic E-state index is -0.247. The number of nitrogens with zero attached hydrogens (tertiary/aromatic N) is 4. The second-order valence-electron chi connectivity index (χ2n) is 7.63. The van der Waals surface area contributed by atoms with Crippen LogP contribution in [0.15, 0.2) is 0 Å². The van der Waals surface area contributed by atoms with E-state index in [0.29, 0.717) is 6.54 Å². The van der Waals surface area contributed by atoms with Crippen molar-refractivity contribution in [2.45, 2.75) is 44.8 Å². The van der Waals surface area contributed by atoms with Gasteiger partial charge in [0.05, 0.1) is 31.2 Å². The topological polar surface area (TPSA) is 61.7 Å². The SMILES string of the molecule is O[C@H]1CCCN(c2nc(CN3CCOCC3)nc3sc4c(c23)CCC4)C1. The lowest BCUT2D eigenvalue weighted by molar-refractivity contribution is 0.0331. The van der Waals surface area contributed by atoms with Crippen molar-refractivity contribution in [1.82, 2.24) is 14.9 Å². The van der Waals surface area contributed by atoms with Gasteiger partial charge in [-0.1, -0.05) is 0 Å². The van der Waals surface area contributed by atoms with Gasteiger partial charge in [-0.25, -0.2) is 9.97 Å². The molecular weight excluding hydrogens is 348 g/mol. The Morgan fingerprint density at radius 2 is 2.00 bits per heavy atom. The van der Waals surface area contributed by atoms with Crippen LogP contribution in [0.1, 0.15) is 35.5 Å². The number of piperidine rings is 1. The molecule has 1 aliphatic carbocycles. The summed E-state index contributed by atoms with van der Waals surface area (Å²) in [5.41, 5.74) is 1.47. The Morgan fingerprint density at radius 3 is 2.85 bits per heavy atom. The molecule has 0 amide bonds. The number of anilines is 1. The number of hydrogen-bond acceptors (Lipinski definition) is 7. The van der Waals surface area contributed by atoms with E-state index in [1.54, 1.807) is 0 Å². The summed E-state index contributed by atoms with van der Waals surface area (Å²) < 4.78 is 5.46. The molecule has 2 saturated heterocycles. The van der Waals surface area contributed by atoms with Gasteiger partial charge in [-0.2, -0.15) is 0 Å². The van der Waals surface area contributed by atoms with Crippen LogP contribution in [0.25, 0.3) is 10.2 Å². The molecule has 2 aromatic heterocycles. The highest BCUT2D eigenvalue weighted by molar-refractivity contribution is 7.19. The number of hydrogen-bond donors (Lipinski definition) is 1. The van der Waals surface area contributed by atoms with Gasteiger partial charge in [0.1, 0.15) is 16.5 Å². The maximum Gasteiger partial charge on any atom is 0.146 e. The van der Waals surface area contributed by atoms with Gasteiger partial charge in [-0.3, -0.25) is 4.90 Å². The predicted octanol–water partition coefficient (Wildman–Crippen LogP) is 1.97. The molecule has 1 N–H and O–H groups in total. The van der Waals surface area contributed by atoms with E-state index in [0.717, 1.165) is 75.1 Å². The predicted molar refractivity (Wildman–Crippen MR) is 103 cm³/mol. The highest BCUT2D eigenvalue weighted by Crippen LogP contribution is 2.41. The van der Waals surface area contributed by atoms with E-state index in [1.807, 2.05) is 11.3 Å². The average molecular weight is 375 g/mol. The standard InChI is InChI=1S/C19H26N4O2S/c24-13-3-2-6-23(11-13)18-17-14-4-1-5-15(14)26-19(17)21-16(20-18)12-22-7-9-25-10-8-22/h13,24H,1-12H2/t13-/m0/s1. The third kappa shape index (κ3) is 3.11. The van der Waals surface area contributed by atoms with E-state index in [-0.39, 0.29) is 6.10 Å². The van der Waals surface area contributed by atoms with Crippen LogP contribution in [0.4, 0.5) is 5.82 Å². The summed E-state index contributed by atoms with van der Waals surface area (Å²) in [7, 11) is 0. The van der Waals surface area contributed by atoms with Crippen molar-refractivity contribution in [3.05, 3.63) is 16.3 Å². The lowest BCUT2D eigenvalue weighted by Crippen LogP contribution is -2.39. The highest BCUT2D eigenvalue weighted by atomic mass is 32.1. The summed E-state index contributed by atoms with van der Waals surface area (Å²) in [6, 6.07) is 0. The molecule has 0 bridgehead atoms. The minimum Gasteiger partial charge on any atom is -0.391 e. The summed E-state index contributed by atoms with van der Waals surface area (Å²) in [5.74, 6) is 1.98. The molecule has 0 spiro atoms. The van der Waals surface area contributed by atoms with E-state index >= 15 is 0 Å². The normalized spacial score (nSPS) is 24.3. The Morgan fingerprint density at radius 1 is 1.12 bits per heavy atom. The molecule has 0 unspecified atom stereocenters. The number of thiophene rings is 1. The van der Waals surface area contributed by atoms with Crippen LogP contribution in [0.5, 0.6) is 0 Å². The van der Waals surface area contributed by atoms with Crippen LogP contribution in [0.3, 0.4) is 0 Å². The second kappa shape index (κ2) is 7.03. The molecule has 26 heavy (non-hydrogen) atoms. The highest BCUT2D eigenvalue weighted by Gasteiger charge is 2.27. The maximum atomic E-state index is 10.2. The zero-order valence-corrected chi connectivity index (χ0v) is 15.9. The van der Waals surface area contributed by atoms with Crippen LogP contribution in [0.2, 0.25) is 0 Å². The quantitative estimate of drug-likeness (QED) is 0.886. The van der Waals surface area contributed by atoms with Crippen LogP contribution in [0, 0.1) is 0 Å². The molecule has 0 radical (unpaired) electrons. The fourth-order valence-corrected chi connectivity index (χ4v) is 5.70. The van der Waals surface area contributed by atoms with E-state index in [4.69, 9.17) is 14.7 Å². The summed E-state index contributed by atoms with van der Waals surface area (Å²) >= 11 is 1.86. The van der Waals surface area contributed by atoms with Crippen molar-refractivity contribution in [3.63, 3.8) is 0 Å². The number of ether oxygens (including phenoxy) is 1. The van der Waals surface area contributed by atoms with E-state index in [9.17, 15) is 5.11 Å². The Hall–Kier alpha value is -1.28. The lowest BCUT2D eigenvalue weighted by atomic mass is 10.1. The molecule has 7 heteroatoms. The van der Waals surface area contributed by atoms with Crippen molar-refractivity contribution in [3.8, 4) is 0 Å². The van der Waals surface area contributed by atoms with Gasteiger partial charge in [0.25, 0.3) is 0 Å². The largest absolute Gasteiger partial charge is 0.391 e. The van der Waals surface area contributed by atoms with Crippen molar-refractivity contribution in [2.24, 2.45) is 0 Å². The smallest absolute Gasteiger partial charge is 0.146 e. The van der Waals surface area contributed by atoms with E-state index in [2.05, 4.69) is 9.80 Å². The van der Waals surface area contributed by atoms with Crippen molar-refractivity contribution >= 4 is 27.4 Å². The van der Waals surface area contributed by atoms with Crippen LogP contribution < -0.4 is 4.90 Å². The monoisotopic (exact) mass is 374 g/mol. The van der Waals surface area contributed by atoms with E-state index < -0.39 is 0 Å². The molecule has 2 aliphatic heterocycles. The number of aromatic nitrogens is 2. The Bertz CT molecular complexity index is 802. The van der Waals surface area contributed by atoms with Gasteiger partial charge in [0.15, 0.2) is 0 Å². The number of aliphatic hydroxyl groups is 1. The molecule has 0 saturated carbocycles. The minimum absolute atomic E-state index is 0.247. The Kier molecular flexibility index (Phi) is 4.56. The molecule has 2 fully saturated rings. The molecule has 6 nitrogen and oxygen atoms in total. The third-order valence-electron chi connectivity index (χ3n) is 5.76. The number of aliphatic hydroxyl groups excluding tert-OH is 1. The first-order valence-corrected chi connectivity index (χ1v) is 10.6. The molecule has 5 rings (SSSR count). The van der Waals surface area contributed by atoms with Crippen molar-refractivity contribution in [1.29, 1.82) is 0 Å². The first-order valence-electron chi connectivity index (χ1n) is 9.82. The number of aryl methyl sites for hydroxylation is 2. The van der Waals surface area contributed by atoms with Crippen LogP contribution in [-0.4, -0.2) is 65.5 Å². The van der Waals surface area contributed by atoms with Gasteiger partial charge < -0.3 is 14.7 Å². The molecule has 1 atom stereocenters. The van der Waals surface area contributed by atoms with Crippen molar-refractivity contribution < 1.29 is 9.84 Å². The van der Waals surface area contributed by atoms with Crippen molar-refractivity contribution in [2.75, 3.05) is 44.3 Å². The van der Waals surface area contributed by atoms with Gasteiger partial charge in [-0.15, -0.1) is 11.3 Å². The molecule has 140 valence electrons. The number of rotatable bonds is 3. The molecule has 3 aliphatic rings. The van der Waals surface area contributed by atoms with Crippen LogP contribution >= 0.6 is 11.3 Å². The van der Waals surface area contributed by atoms with Gasteiger partial charge in [-0.05, 0) is 37.7 Å². The number of fused-ring (bicyclic) bond motifs is 3. The summed E-state index contributed by atoms with van der Waals surface area (Å²) in [6.45, 7) is 5.92. The summed E-state index contributed by atoms with van der Waals surface area (Å²) in [5, 5.41) is 11.4. The van der Waals surface area contributed by atoms with Gasteiger partial charge in [0.2, 0.25) is 0 Å². The van der Waals surface area contributed by atoms with E-state index in [1.165, 1.54) is 28.7 Å². The molecule has 0 aromatic carbocycles. The zero-order valence-electron chi connectivity index (χ0n) is 15.1. The average Bonchev–Trinajstić information content (AvgIpc) is 3.23. The third-order valence-corrected chi connectivity index (χ3v) is 6.94.